The van der Waals surface area contributed by atoms with Gasteiger partial charge in [-0.05, 0) is 42.4 Å². The number of anilines is 1. The number of alkyl halides is 3. The second-order valence-electron chi connectivity index (χ2n) is 9.36. The molecular weight excluding hydrogens is 417 g/mol. The van der Waals surface area contributed by atoms with Crippen LogP contribution < -0.4 is 4.90 Å². The zero-order valence-corrected chi connectivity index (χ0v) is 18.0. The standard InChI is InChI=1S/C21H27F3N2O3S/c1-19(2)15-6-7-20(19,18(27)13-15)14-30(28,29)26-10-8-25(9-11-26)17-5-3-4-16(12-17)21(22,23)24/h3-5,12,15H,6-11,13-14H2,1-2H3/t15-,20-/m0/s1. The van der Waals surface area contributed by atoms with E-state index >= 15 is 0 Å². The number of sulfonamides is 1. The Hall–Kier alpha value is -1.61. The van der Waals surface area contributed by atoms with Gasteiger partial charge >= 0.3 is 6.18 Å². The molecule has 166 valence electrons. The lowest BCUT2D eigenvalue weighted by molar-refractivity contribution is -0.137. The number of Topliss-reactive ketones (excluding diaryl/α,β-unsaturated/α-hetero) is 1. The molecule has 3 fully saturated rings. The molecule has 0 aromatic heterocycles. The molecule has 2 bridgehead atoms. The van der Waals surface area contributed by atoms with Crippen molar-refractivity contribution in [2.24, 2.45) is 16.7 Å². The van der Waals surface area contributed by atoms with Crippen molar-refractivity contribution in [3.05, 3.63) is 29.8 Å². The molecule has 2 aliphatic carbocycles. The van der Waals surface area contributed by atoms with Crippen molar-refractivity contribution in [2.75, 3.05) is 36.8 Å². The van der Waals surface area contributed by atoms with E-state index in [-0.39, 0.29) is 36.0 Å². The minimum Gasteiger partial charge on any atom is -0.369 e. The third-order valence-electron chi connectivity index (χ3n) is 7.74. The van der Waals surface area contributed by atoms with Gasteiger partial charge in [-0.2, -0.15) is 17.5 Å². The number of benzene rings is 1. The third-order valence-corrected chi connectivity index (χ3v) is 9.75. The van der Waals surface area contributed by atoms with E-state index in [9.17, 15) is 26.4 Å². The van der Waals surface area contributed by atoms with Gasteiger partial charge in [-0.3, -0.25) is 4.79 Å². The Morgan fingerprint density at radius 3 is 2.33 bits per heavy atom. The first-order valence-electron chi connectivity index (χ1n) is 10.3. The van der Waals surface area contributed by atoms with Crippen LogP contribution in [0.4, 0.5) is 18.9 Å². The molecule has 1 aliphatic heterocycles. The Bertz CT molecular complexity index is 952. The normalized spacial score (nSPS) is 29.6. The van der Waals surface area contributed by atoms with Gasteiger partial charge in [0, 0.05) is 43.7 Å². The highest BCUT2D eigenvalue weighted by atomic mass is 32.2. The predicted molar refractivity (Wildman–Crippen MR) is 108 cm³/mol. The molecule has 2 saturated carbocycles. The van der Waals surface area contributed by atoms with Crippen molar-refractivity contribution >= 4 is 21.5 Å². The van der Waals surface area contributed by atoms with Gasteiger partial charge in [-0.1, -0.05) is 19.9 Å². The molecule has 9 heteroatoms. The third kappa shape index (κ3) is 3.34. The van der Waals surface area contributed by atoms with E-state index in [1.165, 1.54) is 10.4 Å². The maximum Gasteiger partial charge on any atom is 0.416 e. The number of fused-ring (bicyclic) bond motifs is 2. The first-order chi connectivity index (χ1) is 13.9. The highest BCUT2D eigenvalue weighted by Crippen LogP contribution is 2.64. The maximum absolute atomic E-state index is 13.2. The van der Waals surface area contributed by atoms with Crippen molar-refractivity contribution in [3.8, 4) is 0 Å². The summed E-state index contributed by atoms with van der Waals surface area (Å²) in [7, 11) is -3.65. The van der Waals surface area contributed by atoms with Crippen LogP contribution in [0.15, 0.2) is 24.3 Å². The second-order valence-corrected chi connectivity index (χ2v) is 11.3. The fourth-order valence-corrected chi connectivity index (χ4v) is 7.82. The molecule has 1 heterocycles. The largest absolute Gasteiger partial charge is 0.416 e. The van der Waals surface area contributed by atoms with Crippen molar-refractivity contribution in [1.82, 2.24) is 4.31 Å². The number of carbonyl (C=O) groups excluding carboxylic acids is 1. The van der Waals surface area contributed by atoms with Gasteiger partial charge in [0.05, 0.1) is 11.3 Å². The van der Waals surface area contributed by atoms with Crippen molar-refractivity contribution < 1.29 is 26.4 Å². The zero-order valence-electron chi connectivity index (χ0n) is 17.2. The number of piperazine rings is 1. The number of hydrogen-bond donors (Lipinski definition) is 0. The minimum absolute atomic E-state index is 0.0647. The number of hydrogen-bond acceptors (Lipinski definition) is 4. The highest BCUT2D eigenvalue weighted by molar-refractivity contribution is 7.89. The topological polar surface area (TPSA) is 57.7 Å². The van der Waals surface area contributed by atoms with E-state index in [1.807, 2.05) is 13.8 Å². The summed E-state index contributed by atoms with van der Waals surface area (Å²) in [5.74, 6) is 0.152. The summed E-state index contributed by atoms with van der Waals surface area (Å²) in [6, 6.07) is 5.10. The predicted octanol–water partition coefficient (Wildman–Crippen LogP) is 3.55. The van der Waals surface area contributed by atoms with Crippen LogP contribution >= 0.6 is 0 Å². The van der Waals surface area contributed by atoms with Crippen LogP contribution in [0.1, 0.15) is 38.7 Å². The van der Waals surface area contributed by atoms with Gasteiger partial charge < -0.3 is 4.90 Å². The second kappa shape index (κ2) is 6.95. The Labute approximate surface area is 175 Å². The Balaban J connectivity index is 1.46. The van der Waals surface area contributed by atoms with Crippen LogP contribution in [0.2, 0.25) is 0 Å². The van der Waals surface area contributed by atoms with Gasteiger partial charge in [0.1, 0.15) is 5.78 Å². The van der Waals surface area contributed by atoms with Crippen LogP contribution in [-0.2, 0) is 21.0 Å². The summed E-state index contributed by atoms with van der Waals surface area (Å²) in [5, 5.41) is 0. The Morgan fingerprint density at radius 1 is 1.13 bits per heavy atom. The van der Waals surface area contributed by atoms with Gasteiger partial charge in [0.2, 0.25) is 10.0 Å². The van der Waals surface area contributed by atoms with E-state index < -0.39 is 27.2 Å². The quantitative estimate of drug-likeness (QED) is 0.713. The molecule has 3 aliphatic rings. The fraction of sp³-hybridized carbons (Fsp3) is 0.667. The molecule has 1 aromatic carbocycles. The smallest absolute Gasteiger partial charge is 0.369 e. The lowest BCUT2D eigenvalue weighted by atomic mass is 9.70. The SMILES string of the molecule is CC1(C)[C@H]2CC[C@]1(CS(=O)(=O)N1CCN(c3cccc(C(F)(F)F)c3)CC1)C(=O)C2. The van der Waals surface area contributed by atoms with E-state index in [2.05, 4.69) is 0 Å². The molecule has 4 rings (SSSR count). The van der Waals surface area contributed by atoms with Gasteiger partial charge in [0.15, 0.2) is 0 Å². The Kier molecular flexibility index (Phi) is 5.01. The lowest BCUT2D eigenvalue weighted by Gasteiger charge is -2.40. The molecule has 1 aromatic rings. The summed E-state index contributed by atoms with van der Waals surface area (Å²) in [6.45, 7) is 5.05. The van der Waals surface area contributed by atoms with E-state index in [0.29, 0.717) is 31.6 Å². The van der Waals surface area contributed by atoms with Crippen molar-refractivity contribution in [3.63, 3.8) is 0 Å². The number of rotatable bonds is 4. The number of halogens is 3. The van der Waals surface area contributed by atoms with Gasteiger partial charge in [-0.15, -0.1) is 0 Å². The van der Waals surface area contributed by atoms with Crippen LogP contribution in [0.5, 0.6) is 0 Å². The summed E-state index contributed by atoms with van der Waals surface area (Å²) in [4.78, 5) is 14.5. The summed E-state index contributed by atoms with van der Waals surface area (Å²) in [5.41, 5.74) is -1.41. The molecule has 0 radical (unpaired) electrons. The Morgan fingerprint density at radius 2 is 1.80 bits per heavy atom. The molecule has 1 saturated heterocycles. The number of ketones is 1. The van der Waals surface area contributed by atoms with E-state index in [0.717, 1.165) is 18.6 Å². The number of nitrogens with zero attached hydrogens (tertiary/aromatic N) is 2. The van der Waals surface area contributed by atoms with Gasteiger partial charge in [0.25, 0.3) is 0 Å². The van der Waals surface area contributed by atoms with E-state index in [4.69, 9.17) is 0 Å². The zero-order chi connectivity index (χ0) is 21.9. The van der Waals surface area contributed by atoms with Gasteiger partial charge in [-0.25, -0.2) is 8.42 Å². The van der Waals surface area contributed by atoms with Crippen LogP contribution in [0, 0.1) is 16.7 Å². The van der Waals surface area contributed by atoms with Crippen LogP contribution in [-0.4, -0.2) is 50.4 Å². The van der Waals surface area contributed by atoms with Crippen molar-refractivity contribution in [1.29, 1.82) is 0 Å². The van der Waals surface area contributed by atoms with E-state index in [1.54, 1.807) is 11.0 Å². The molecular formula is C21H27F3N2O3S. The molecule has 0 unspecified atom stereocenters. The summed E-state index contributed by atoms with van der Waals surface area (Å²) < 4.78 is 66.7. The summed E-state index contributed by atoms with van der Waals surface area (Å²) >= 11 is 0. The van der Waals surface area contributed by atoms with Crippen molar-refractivity contribution in [2.45, 2.75) is 39.3 Å². The van der Waals surface area contributed by atoms with Crippen LogP contribution in [0.25, 0.3) is 0 Å². The maximum atomic E-state index is 13.2. The highest BCUT2D eigenvalue weighted by Gasteiger charge is 2.65. The lowest BCUT2D eigenvalue weighted by Crippen LogP contribution is -2.52. The first-order valence-corrected chi connectivity index (χ1v) is 11.9. The molecule has 0 spiro atoms. The molecule has 5 nitrogen and oxygen atoms in total. The average molecular weight is 445 g/mol. The molecule has 0 N–H and O–H groups in total. The molecule has 2 atom stereocenters. The minimum atomic E-state index is -4.42. The monoisotopic (exact) mass is 444 g/mol. The molecule has 0 amide bonds. The molecule has 30 heavy (non-hydrogen) atoms. The first kappa shape index (κ1) is 21.6. The average Bonchev–Trinajstić information content (AvgIpc) is 3.01. The van der Waals surface area contributed by atoms with Crippen LogP contribution in [0.3, 0.4) is 0 Å². The summed E-state index contributed by atoms with van der Waals surface area (Å²) in [6.07, 6.45) is -2.45. The fourth-order valence-electron chi connectivity index (χ4n) is 5.61. The number of carbonyl (C=O) groups is 1.